The fourth-order valence-corrected chi connectivity index (χ4v) is 2.32. The Morgan fingerprint density at radius 2 is 2.14 bits per heavy atom. The molecule has 1 heterocycles. The molecule has 0 spiro atoms. The molecule has 2 rings (SSSR count). The lowest BCUT2D eigenvalue weighted by molar-refractivity contribution is -0.157. The van der Waals surface area contributed by atoms with Gasteiger partial charge in [0.15, 0.2) is 0 Å². The fraction of sp³-hybridized carbons (Fsp3) is 0.500. The van der Waals surface area contributed by atoms with E-state index in [0.29, 0.717) is 12.3 Å². The summed E-state index contributed by atoms with van der Waals surface area (Å²) in [6.07, 6.45) is -4.17. The number of ether oxygens (including phenoxy) is 1. The summed E-state index contributed by atoms with van der Waals surface area (Å²) >= 11 is 0. The van der Waals surface area contributed by atoms with E-state index >= 15 is 0 Å². The summed E-state index contributed by atoms with van der Waals surface area (Å²) in [4.78, 5) is 12.7. The van der Waals surface area contributed by atoms with Crippen LogP contribution in [0.3, 0.4) is 0 Å². The number of hydrogen-bond donors (Lipinski definition) is 1. The zero-order chi connectivity index (χ0) is 16.3. The second kappa shape index (κ2) is 6.41. The van der Waals surface area contributed by atoms with Crippen LogP contribution in [0.5, 0.6) is 5.75 Å². The molecule has 1 aromatic carbocycles. The molecule has 1 aliphatic rings. The van der Waals surface area contributed by atoms with Crippen LogP contribution in [-0.4, -0.2) is 42.7 Å². The summed E-state index contributed by atoms with van der Waals surface area (Å²) in [5.74, 6) is -0.890. The van der Waals surface area contributed by atoms with Crippen molar-refractivity contribution in [3.63, 3.8) is 0 Å². The van der Waals surface area contributed by atoms with Crippen LogP contribution in [0.15, 0.2) is 18.2 Å². The average Bonchev–Trinajstić information content (AvgIpc) is 2.73. The van der Waals surface area contributed by atoms with E-state index in [1.807, 2.05) is 0 Å². The molecule has 1 saturated heterocycles. The molecule has 0 bridgehead atoms. The third-order valence-electron chi connectivity index (χ3n) is 3.24. The summed E-state index contributed by atoms with van der Waals surface area (Å²) in [7, 11) is 0. The molecule has 0 aliphatic carbocycles. The number of benzene rings is 1. The number of carbonyl (C=O) groups is 1. The van der Waals surface area contributed by atoms with Gasteiger partial charge in [0.1, 0.15) is 24.2 Å². The molecule has 0 radical (unpaired) electrons. The molecule has 1 N–H and O–H groups in total. The number of rotatable bonds is 5. The van der Waals surface area contributed by atoms with Gasteiger partial charge in [0, 0.05) is 12.6 Å². The first-order chi connectivity index (χ1) is 10.3. The van der Waals surface area contributed by atoms with Crippen molar-refractivity contribution in [2.75, 3.05) is 25.0 Å². The van der Waals surface area contributed by atoms with E-state index in [-0.39, 0.29) is 18.7 Å². The quantitative estimate of drug-likeness (QED) is 0.848. The molecule has 1 amide bonds. The van der Waals surface area contributed by atoms with Crippen molar-refractivity contribution in [1.29, 1.82) is 0 Å². The molecular weight excluding hydrogens is 304 g/mol. The smallest absolute Gasteiger partial charge is 0.406 e. The van der Waals surface area contributed by atoms with E-state index in [2.05, 4.69) is 5.32 Å². The highest BCUT2D eigenvalue weighted by molar-refractivity contribution is 5.87. The van der Waals surface area contributed by atoms with E-state index < -0.39 is 30.5 Å². The van der Waals surface area contributed by atoms with Gasteiger partial charge in [-0.1, -0.05) is 0 Å². The molecule has 4 nitrogen and oxygen atoms in total. The minimum atomic E-state index is -4.42. The van der Waals surface area contributed by atoms with Crippen molar-refractivity contribution in [2.45, 2.75) is 25.6 Å². The van der Waals surface area contributed by atoms with E-state index in [4.69, 9.17) is 4.74 Å². The van der Waals surface area contributed by atoms with Crippen LogP contribution >= 0.6 is 0 Å². The van der Waals surface area contributed by atoms with Gasteiger partial charge in [-0.15, -0.1) is 0 Å². The lowest BCUT2D eigenvalue weighted by Crippen LogP contribution is -2.39. The molecule has 0 unspecified atom stereocenters. The van der Waals surface area contributed by atoms with Crippen LogP contribution in [0, 0.1) is 5.82 Å². The Bertz CT molecular complexity index is 548. The minimum absolute atomic E-state index is 0.0289. The average molecular weight is 320 g/mol. The first kappa shape index (κ1) is 16.4. The first-order valence-electron chi connectivity index (χ1n) is 6.84. The summed E-state index contributed by atoms with van der Waals surface area (Å²) in [6, 6.07) is 2.99. The zero-order valence-electron chi connectivity index (χ0n) is 11.9. The fourth-order valence-electron chi connectivity index (χ4n) is 2.32. The van der Waals surface area contributed by atoms with E-state index in [9.17, 15) is 22.4 Å². The maximum atomic E-state index is 13.2. The van der Waals surface area contributed by atoms with E-state index in [1.54, 1.807) is 6.92 Å². The Morgan fingerprint density at radius 1 is 1.41 bits per heavy atom. The van der Waals surface area contributed by atoms with Crippen LogP contribution in [0.4, 0.5) is 23.2 Å². The maximum absolute atomic E-state index is 13.2. The molecule has 1 fully saturated rings. The second-order valence-electron chi connectivity index (χ2n) is 4.93. The standard InChI is InChI=1S/C14H16F4N2O2/c1-2-22-12-7-9(15)3-4-10(12)19-11-5-6-20(13(11)21)8-14(16,17)18/h3-4,7,11,19H,2,5-6,8H2,1H3/t11-/m0/s1. The largest absolute Gasteiger partial charge is 0.492 e. The van der Waals surface area contributed by atoms with Gasteiger partial charge < -0.3 is 15.0 Å². The van der Waals surface area contributed by atoms with Crippen LogP contribution in [0.25, 0.3) is 0 Å². The maximum Gasteiger partial charge on any atom is 0.406 e. The first-order valence-corrected chi connectivity index (χ1v) is 6.84. The van der Waals surface area contributed by atoms with Crippen molar-refractivity contribution in [3.8, 4) is 5.75 Å². The van der Waals surface area contributed by atoms with Gasteiger partial charge in [0.2, 0.25) is 5.91 Å². The van der Waals surface area contributed by atoms with Crippen molar-refractivity contribution < 1.29 is 27.1 Å². The number of amides is 1. The van der Waals surface area contributed by atoms with Gasteiger partial charge >= 0.3 is 6.18 Å². The zero-order valence-corrected chi connectivity index (χ0v) is 11.9. The summed E-state index contributed by atoms with van der Waals surface area (Å²) < 4.78 is 55.6. The lowest BCUT2D eigenvalue weighted by Gasteiger charge is -2.20. The summed E-state index contributed by atoms with van der Waals surface area (Å²) in [5, 5.41) is 2.84. The molecule has 122 valence electrons. The number of halogens is 4. The van der Waals surface area contributed by atoms with Gasteiger partial charge in [-0.2, -0.15) is 13.2 Å². The molecule has 0 aromatic heterocycles. The lowest BCUT2D eigenvalue weighted by atomic mass is 10.2. The molecule has 8 heteroatoms. The number of likely N-dealkylation sites (tertiary alicyclic amines) is 1. The number of nitrogens with zero attached hydrogens (tertiary/aromatic N) is 1. The highest BCUT2D eigenvalue weighted by Crippen LogP contribution is 2.29. The van der Waals surface area contributed by atoms with Gasteiger partial charge in [-0.05, 0) is 25.5 Å². The van der Waals surface area contributed by atoms with E-state index in [1.165, 1.54) is 18.2 Å². The van der Waals surface area contributed by atoms with Crippen molar-refractivity contribution >= 4 is 11.6 Å². The van der Waals surface area contributed by atoms with Crippen LogP contribution in [0.1, 0.15) is 13.3 Å². The van der Waals surface area contributed by atoms with Crippen LogP contribution < -0.4 is 10.1 Å². The van der Waals surface area contributed by atoms with Crippen LogP contribution in [-0.2, 0) is 4.79 Å². The number of alkyl halides is 3. The Hall–Kier alpha value is -1.99. The summed E-state index contributed by atoms with van der Waals surface area (Å²) in [6.45, 7) is 0.796. The molecular formula is C14H16F4N2O2. The third-order valence-corrected chi connectivity index (χ3v) is 3.24. The normalized spacial score (nSPS) is 18.7. The van der Waals surface area contributed by atoms with Gasteiger partial charge in [0.25, 0.3) is 0 Å². The monoisotopic (exact) mass is 320 g/mol. The Kier molecular flexibility index (Phi) is 4.77. The Balaban J connectivity index is 2.07. The number of hydrogen-bond acceptors (Lipinski definition) is 3. The summed E-state index contributed by atoms with van der Waals surface area (Å²) in [5.41, 5.74) is 0.385. The van der Waals surface area contributed by atoms with E-state index in [0.717, 1.165) is 4.90 Å². The number of carbonyl (C=O) groups excluding carboxylic acids is 1. The third kappa shape index (κ3) is 4.02. The Morgan fingerprint density at radius 3 is 2.77 bits per heavy atom. The van der Waals surface area contributed by atoms with Crippen molar-refractivity contribution in [2.24, 2.45) is 0 Å². The molecule has 1 aromatic rings. The van der Waals surface area contributed by atoms with Crippen molar-refractivity contribution in [3.05, 3.63) is 24.0 Å². The second-order valence-corrected chi connectivity index (χ2v) is 4.93. The van der Waals surface area contributed by atoms with Gasteiger partial charge in [-0.3, -0.25) is 4.79 Å². The minimum Gasteiger partial charge on any atom is -0.492 e. The van der Waals surface area contributed by atoms with Crippen molar-refractivity contribution in [1.82, 2.24) is 4.90 Å². The van der Waals surface area contributed by atoms with Crippen LogP contribution in [0.2, 0.25) is 0 Å². The number of anilines is 1. The SMILES string of the molecule is CCOc1cc(F)ccc1N[C@H]1CCN(CC(F)(F)F)C1=O. The number of nitrogens with one attached hydrogen (secondary N) is 1. The predicted molar refractivity (Wildman–Crippen MR) is 72.2 cm³/mol. The molecule has 0 saturated carbocycles. The molecule has 1 atom stereocenters. The Labute approximate surface area is 125 Å². The topological polar surface area (TPSA) is 41.6 Å². The predicted octanol–water partition coefficient (Wildman–Crippen LogP) is 2.80. The molecule has 1 aliphatic heterocycles. The molecule has 22 heavy (non-hydrogen) atoms. The van der Waals surface area contributed by atoms with Gasteiger partial charge in [0.05, 0.1) is 12.3 Å². The highest BCUT2D eigenvalue weighted by atomic mass is 19.4. The highest BCUT2D eigenvalue weighted by Gasteiger charge is 2.39. The van der Waals surface area contributed by atoms with Gasteiger partial charge in [-0.25, -0.2) is 4.39 Å².